The third-order valence-electron chi connectivity index (χ3n) is 3.70. The van der Waals surface area contributed by atoms with Crippen LogP contribution in [0.2, 0.25) is 0 Å². The van der Waals surface area contributed by atoms with Gasteiger partial charge in [0.15, 0.2) is 12.0 Å². The number of nitrogens with zero attached hydrogens (tertiary/aromatic N) is 4. The predicted octanol–water partition coefficient (Wildman–Crippen LogP) is 2.50. The first-order valence-electron chi connectivity index (χ1n) is 7.96. The van der Waals surface area contributed by atoms with E-state index in [2.05, 4.69) is 35.7 Å². The minimum Gasteiger partial charge on any atom is -0.382 e. The molecule has 0 unspecified atom stereocenters. The van der Waals surface area contributed by atoms with Crippen molar-refractivity contribution in [2.75, 3.05) is 36.9 Å². The molecule has 8 nitrogen and oxygen atoms in total. The summed E-state index contributed by atoms with van der Waals surface area (Å²) < 4.78 is 32.0. The maximum Gasteiger partial charge on any atom is 0.288 e. The minimum atomic E-state index is -2.65. The molecule has 0 aromatic carbocycles. The molecule has 10 heteroatoms. The van der Waals surface area contributed by atoms with Gasteiger partial charge in [0.05, 0.1) is 24.5 Å². The SMILES string of the molecule is [C-]#[N+]c1cnc(Nc2cc(NC[C@H]3CNCCO3)c(C(F)F)cn2)cn1. The van der Waals surface area contributed by atoms with Crippen molar-refractivity contribution in [2.24, 2.45) is 0 Å². The maximum absolute atomic E-state index is 13.2. The molecule has 3 rings (SSSR count). The van der Waals surface area contributed by atoms with E-state index in [4.69, 9.17) is 11.3 Å². The van der Waals surface area contributed by atoms with Gasteiger partial charge >= 0.3 is 0 Å². The number of pyridine rings is 1. The fourth-order valence-corrected chi connectivity index (χ4v) is 2.41. The quantitative estimate of drug-likeness (QED) is 0.681. The van der Waals surface area contributed by atoms with Crippen molar-refractivity contribution in [3.8, 4) is 0 Å². The number of alkyl halides is 2. The van der Waals surface area contributed by atoms with Gasteiger partial charge in [-0.2, -0.15) is 0 Å². The number of hydrogen-bond acceptors (Lipinski definition) is 7. The number of aromatic nitrogens is 3. The van der Waals surface area contributed by atoms with Crippen LogP contribution in [0.1, 0.15) is 12.0 Å². The molecule has 0 aliphatic carbocycles. The van der Waals surface area contributed by atoms with E-state index in [1.54, 1.807) is 0 Å². The topological polar surface area (TPSA) is 88.4 Å². The first-order chi connectivity index (χ1) is 12.7. The molecule has 0 saturated carbocycles. The summed E-state index contributed by atoms with van der Waals surface area (Å²) in [5, 5.41) is 9.08. The standard InChI is InChI=1S/C16H17F2N7O/c1-19-14-8-24-15(9-23-14)25-13-4-12(11(7-22-13)16(17)18)21-6-10-5-20-2-3-26-10/h4,7-10,16,20H,2-3,5-6H2,(H2,21,22,24,25)/t10-/m1/s1. The molecule has 0 bridgehead atoms. The molecule has 26 heavy (non-hydrogen) atoms. The Morgan fingerprint density at radius 1 is 1.27 bits per heavy atom. The van der Waals surface area contributed by atoms with Crippen molar-refractivity contribution >= 4 is 23.1 Å². The smallest absolute Gasteiger partial charge is 0.288 e. The number of rotatable bonds is 6. The Balaban J connectivity index is 1.73. The van der Waals surface area contributed by atoms with Gasteiger partial charge in [-0.1, -0.05) is 6.57 Å². The fourth-order valence-electron chi connectivity index (χ4n) is 2.41. The van der Waals surface area contributed by atoms with Gasteiger partial charge in [-0.15, -0.1) is 4.98 Å². The molecule has 1 saturated heterocycles. The van der Waals surface area contributed by atoms with Gasteiger partial charge in [0.1, 0.15) is 5.82 Å². The van der Waals surface area contributed by atoms with Crippen LogP contribution in [-0.2, 0) is 4.74 Å². The molecule has 2 aromatic heterocycles. The second kappa shape index (κ2) is 8.46. The molecule has 1 aliphatic rings. The molecule has 136 valence electrons. The van der Waals surface area contributed by atoms with Crippen LogP contribution < -0.4 is 16.0 Å². The minimum absolute atomic E-state index is 0.0918. The van der Waals surface area contributed by atoms with Gasteiger partial charge < -0.3 is 25.5 Å². The third-order valence-corrected chi connectivity index (χ3v) is 3.70. The normalized spacial score (nSPS) is 16.9. The largest absolute Gasteiger partial charge is 0.382 e. The first kappa shape index (κ1) is 17.9. The van der Waals surface area contributed by atoms with Crippen LogP contribution >= 0.6 is 0 Å². The van der Waals surface area contributed by atoms with Crippen molar-refractivity contribution in [3.05, 3.63) is 41.6 Å². The van der Waals surface area contributed by atoms with Crippen LogP contribution in [0.4, 0.5) is 31.9 Å². The highest BCUT2D eigenvalue weighted by Crippen LogP contribution is 2.29. The summed E-state index contributed by atoms with van der Waals surface area (Å²) in [6.45, 7) is 9.30. The monoisotopic (exact) mass is 361 g/mol. The maximum atomic E-state index is 13.2. The summed E-state index contributed by atoms with van der Waals surface area (Å²) in [7, 11) is 0. The Hall–Kier alpha value is -2.90. The second-order valence-electron chi connectivity index (χ2n) is 5.53. The molecular formula is C16H17F2N7O. The van der Waals surface area contributed by atoms with E-state index < -0.39 is 6.43 Å². The van der Waals surface area contributed by atoms with Gasteiger partial charge in [0, 0.05) is 37.6 Å². The number of nitrogens with one attached hydrogen (secondary N) is 3. The number of ether oxygens (including phenoxy) is 1. The zero-order chi connectivity index (χ0) is 18.4. The molecule has 1 fully saturated rings. The van der Waals surface area contributed by atoms with Gasteiger partial charge in [-0.3, -0.25) is 0 Å². The van der Waals surface area contributed by atoms with Crippen molar-refractivity contribution in [3.63, 3.8) is 0 Å². The number of hydrogen-bond donors (Lipinski definition) is 3. The average Bonchev–Trinajstić information content (AvgIpc) is 2.68. The van der Waals surface area contributed by atoms with Crippen LogP contribution in [0, 0.1) is 6.57 Å². The van der Waals surface area contributed by atoms with E-state index in [0.717, 1.165) is 12.7 Å². The third kappa shape index (κ3) is 4.59. The Labute approximate surface area is 148 Å². The van der Waals surface area contributed by atoms with E-state index in [0.29, 0.717) is 31.3 Å². The zero-order valence-electron chi connectivity index (χ0n) is 13.7. The Kier molecular flexibility index (Phi) is 5.83. The number of anilines is 3. The summed E-state index contributed by atoms with van der Waals surface area (Å²) in [6, 6.07) is 1.49. The van der Waals surface area contributed by atoms with Gasteiger partial charge in [0.25, 0.3) is 12.2 Å². The molecule has 2 aromatic rings. The van der Waals surface area contributed by atoms with Crippen LogP contribution in [0.15, 0.2) is 24.7 Å². The lowest BCUT2D eigenvalue weighted by atomic mass is 10.2. The highest BCUT2D eigenvalue weighted by atomic mass is 19.3. The molecule has 3 N–H and O–H groups in total. The molecule has 3 heterocycles. The summed E-state index contributed by atoms with van der Waals surface area (Å²) in [5.41, 5.74) is 0.0890. The van der Waals surface area contributed by atoms with Crippen LogP contribution in [0.25, 0.3) is 4.85 Å². The summed E-state index contributed by atoms with van der Waals surface area (Å²) >= 11 is 0. The lowest BCUT2D eigenvalue weighted by Gasteiger charge is -2.24. The molecule has 0 amide bonds. The number of morpholine rings is 1. The highest BCUT2D eigenvalue weighted by Gasteiger charge is 2.18. The van der Waals surface area contributed by atoms with Crippen molar-refractivity contribution in [2.45, 2.75) is 12.5 Å². The van der Waals surface area contributed by atoms with Crippen LogP contribution in [0.5, 0.6) is 0 Å². The molecule has 1 aliphatic heterocycles. The number of halogens is 2. The molecular weight excluding hydrogens is 344 g/mol. The first-order valence-corrected chi connectivity index (χ1v) is 7.96. The Morgan fingerprint density at radius 3 is 2.77 bits per heavy atom. The molecule has 0 spiro atoms. The predicted molar refractivity (Wildman–Crippen MR) is 91.9 cm³/mol. The summed E-state index contributed by atoms with van der Waals surface area (Å²) in [4.78, 5) is 15.1. The van der Waals surface area contributed by atoms with Crippen molar-refractivity contribution < 1.29 is 13.5 Å². The Morgan fingerprint density at radius 2 is 2.12 bits per heavy atom. The van der Waals surface area contributed by atoms with Gasteiger partial charge in [-0.05, 0) is 0 Å². The van der Waals surface area contributed by atoms with E-state index in [9.17, 15) is 8.78 Å². The lowest BCUT2D eigenvalue weighted by molar-refractivity contribution is 0.0371. The molecule has 1 atom stereocenters. The fraction of sp³-hybridized carbons (Fsp3) is 0.375. The van der Waals surface area contributed by atoms with Crippen molar-refractivity contribution in [1.82, 2.24) is 20.3 Å². The van der Waals surface area contributed by atoms with Crippen LogP contribution in [0.3, 0.4) is 0 Å². The average molecular weight is 361 g/mol. The Bertz CT molecular complexity index is 773. The van der Waals surface area contributed by atoms with E-state index in [1.807, 2.05) is 0 Å². The lowest BCUT2D eigenvalue weighted by Crippen LogP contribution is -2.42. The highest BCUT2D eigenvalue weighted by molar-refractivity contribution is 5.62. The van der Waals surface area contributed by atoms with Crippen molar-refractivity contribution in [1.29, 1.82) is 0 Å². The van der Waals surface area contributed by atoms with E-state index in [-0.39, 0.29) is 23.2 Å². The van der Waals surface area contributed by atoms with Gasteiger partial charge in [-0.25, -0.2) is 18.7 Å². The summed E-state index contributed by atoms with van der Waals surface area (Å²) in [5.74, 6) is 0.866. The molecule has 0 radical (unpaired) electrons. The van der Waals surface area contributed by atoms with Gasteiger partial charge in [0.2, 0.25) is 0 Å². The van der Waals surface area contributed by atoms with Crippen LogP contribution in [-0.4, -0.2) is 47.3 Å². The second-order valence-corrected chi connectivity index (χ2v) is 5.53. The summed E-state index contributed by atoms with van der Waals surface area (Å²) in [6.07, 6.45) is 1.07. The van der Waals surface area contributed by atoms with E-state index in [1.165, 1.54) is 18.5 Å². The zero-order valence-corrected chi connectivity index (χ0v) is 13.7. The van der Waals surface area contributed by atoms with E-state index >= 15 is 0 Å².